The van der Waals surface area contributed by atoms with Gasteiger partial charge >= 0.3 is 0 Å². The molecule has 0 atom stereocenters. The van der Waals surface area contributed by atoms with Gasteiger partial charge in [-0.2, -0.15) is 0 Å². The molecule has 0 bridgehead atoms. The molecule has 2 rings (SSSR count). The molecular formula is C21H29N3O. The highest BCUT2D eigenvalue weighted by Crippen LogP contribution is 2.15. The van der Waals surface area contributed by atoms with E-state index in [1.165, 1.54) is 22.4 Å². The first-order valence-electron chi connectivity index (χ1n) is 8.74. The van der Waals surface area contributed by atoms with Gasteiger partial charge in [0.25, 0.3) is 0 Å². The van der Waals surface area contributed by atoms with Crippen LogP contribution in [0.15, 0.2) is 42.5 Å². The summed E-state index contributed by atoms with van der Waals surface area (Å²) < 4.78 is 0. The van der Waals surface area contributed by atoms with Gasteiger partial charge in [-0.05, 0) is 61.3 Å². The Morgan fingerprint density at radius 1 is 1.00 bits per heavy atom. The maximum atomic E-state index is 12.4. The zero-order valence-electron chi connectivity index (χ0n) is 16.0. The van der Waals surface area contributed by atoms with Crippen LogP contribution in [0.3, 0.4) is 0 Å². The smallest absolute Gasteiger partial charge is 0.238 e. The molecule has 0 heterocycles. The topological polar surface area (TPSA) is 35.6 Å². The van der Waals surface area contributed by atoms with E-state index in [0.29, 0.717) is 6.54 Å². The molecule has 0 aliphatic carbocycles. The molecule has 0 saturated carbocycles. The van der Waals surface area contributed by atoms with Gasteiger partial charge in [-0.25, -0.2) is 0 Å². The molecule has 1 amide bonds. The van der Waals surface area contributed by atoms with Crippen molar-refractivity contribution < 1.29 is 4.79 Å². The number of rotatable bonds is 7. The molecule has 0 spiro atoms. The van der Waals surface area contributed by atoms with E-state index in [1.54, 1.807) is 0 Å². The molecule has 2 aromatic carbocycles. The molecule has 1 N–H and O–H groups in total. The minimum absolute atomic E-state index is 0.0232. The molecule has 25 heavy (non-hydrogen) atoms. The summed E-state index contributed by atoms with van der Waals surface area (Å²) in [5.41, 5.74) is 5.67. The largest absolute Gasteiger partial charge is 0.378 e. The summed E-state index contributed by atoms with van der Waals surface area (Å²) in [6.07, 6.45) is 0. The van der Waals surface area contributed by atoms with E-state index in [1.807, 2.05) is 32.3 Å². The maximum absolute atomic E-state index is 12.4. The first kappa shape index (κ1) is 19.0. The van der Waals surface area contributed by atoms with Gasteiger partial charge in [0, 0.05) is 32.0 Å². The standard InChI is InChI=1S/C21H29N3O/c1-6-24(14-18-8-11-20(12-9-18)23(4)5)15-21(25)22-19-10-7-16(2)17(3)13-19/h7-13H,6,14-15H2,1-5H3,(H,22,25). The molecule has 0 saturated heterocycles. The van der Waals surface area contributed by atoms with Crippen molar-refractivity contribution in [2.75, 3.05) is 37.4 Å². The molecule has 0 aromatic heterocycles. The van der Waals surface area contributed by atoms with E-state index < -0.39 is 0 Å². The lowest BCUT2D eigenvalue weighted by atomic mass is 10.1. The second-order valence-electron chi connectivity index (χ2n) is 6.71. The van der Waals surface area contributed by atoms with Crippen LogP contribution in [0.2, 0.25) is 0 Å². The molecule has 0 aliphatic rings. The minimum Gasteiger partial charge on any atom is -0.378 e. The second kappa shape index (κ2) is 8.67. The first-order valence-corrected chi connectivity index (χ1v) is 8.74. The van der Waals surface area contributed by atoms with Crippen LogP contribution < -0.4 is 10.2 Å². The van der Waals surface area contributed by atoms with Crippen LogP contribution in [-0.4, -0.2) is 38.0 Å². The quantitative estimate of drug-likeness (QED) is 0.833. The average molecular weight is 339 g/mol. The number of carbonyl (C=O) groups is 1. The predicted molar refractivity (Wildman–Crippen MR) is 106 cm³/mol. The summed E-state index contributed by atoms with van der Waals surface area (Å²) in [6.45, 7) is 8.19. The van der Waals surface area contributed by atoms with Crippen molar-refractivity contribution in [1.29, 1.82) is 0 Å². The zero-order chi connectivity index (χ0) is 18.4. The van der Waals surface area contributed by atoms with Crippen molar-refractivity contribution in [1.82, 2.24) is 4.90 Å². The summed E-state index contributed by atoms with van der Waals surface area (Å²) in [6, 6.07) is 14.5. The van der Waals surface area contributed by atoms with Crippen molar-refractivity contribution in [2.45, 2.75) is 27.3 Å². The number of benzene rings is 2. The Kier molecular flexibility index (Phi) is 6.59. The van der Waals surface area contributed by atoms with E-state index >= 15 is 0 Å². The van der Waals surface area contributed by atoms with Crippen molar-refractivity contribution in [3.63, 3.8) is 0 Å². The lowest BCUT2D eigenvalue weighted by Crippen LogP contribution is -2.32. The lowest BCUT2D eigenvalue weighted by Gasteiger charge is -2.21. The summed E-state index contributed by atoms with van der Waals surface area (Å²) in [7, 11) is 4.06. The van der Waals surface area contributed by atoms with Crippen LogP contribution in [0.4, 0.5) is 11.4 Å². The van der Waals surface area contributed by atoms with Gasteiger partial charge in [-0.15, -0.1) is 0 Å². The average Bonchev–Trinajstić information content (AvgIpc) is 2.58. The zero-order valence-corrected chi connectivity index (χ0v) is 16.0. The van der Waals surface area contributed by atoms with E-state index in [-0.39, 0.29) is 5.91 Å². The summed E-state index contributed by atoms with van der Waals surface area (Å²) in [4.78, 5) is 16.6. The number of amides is 1. The highest BCUT2D eigenvalue weighted by molar-refractivity contribution is 5.92. The molecule has 4 heteroatoms. The van der Waals surface area contributed by atoms with Crippen LogP contribution in [0.25, 0.3) is 0 Å². The van der Waals surface area contributed by atoms with E-state index in [2.05, 4.69) is 60.2 Å². The third-order valence-electron chi connectivity index (χ3n) is 4.46. The number of hydrogen-bond acceptors (Lipinski definition) is 3. The van der Waals surface area contributed by atoms with E-state index in [0.717, 1.165) is 18.8 Å². The fourth-order valence-corrected chi connectivity index (χ4v) is 2.66. The molecular weight excluding hydrogens is 310 g/mol. The van der Waals surface area contributed by atoms with Gasteiger partial charge in [0.1, 0.15) is 0 Å². The number of likely N-dealkylation sites (N-methyl/N-ethyl adjacent to an activating group) is 1. The second-order valence-corrected chi connectivity index (χ2v) is 6.71. The lowest BCUT2D eigenvalue weighted by molar-refractivity contribution is -0.117. The minimum atomic E-state index is 0.0232. The molecule has 0 unspecified atom stereocenters. The van der Waals surface area contributed by atoms with E-state index in [4.69, 9.17) is 0 Å². The molecule has 0 fully saturated rings. The number of hydrogen-bond donors (Lipinski definition) is 1. The normalized spacial score (nSPS) is 10.8. The van der Waals surface area contributed by atoms with Crippen LogP contribution in [-0.2, 0) is 11.3 Å². The van der Waals surface area contributed by atoms with Gasteiger partial charge < -0.3 is 10.2 Å². The fraction of sp³-hybridized carbons (Fsp3) is 0.381. The molecule has 134 valence electrons. The van der Waals surface area contributed by atoms with E-state index in [9.17, 15) is 4.79 Å². The summed E-state index contributed by atoms with van der Waals surface area (Å²) in [5.74, 6) is 0.0232. The monoisotopic (exact) mass is 339 g/mol. The van der Waals surface area contributed by atoms with Gasteiger partial charge in [0.2, 0.25) is 5.91 Å². The van der Waals surface area contributed by atoms with Gasteiger partial charge in [0.05, 0.1) is 6.54 Å². The molecule has 2 aromatic rings. The summed E-state index contributed by atoms with van der Waals surface area (Å²) >= 11 is 0. The highest BCUT2D eigenvalue weighted by atomic mass is 16.2. The van der Waals surface area contributed by atoms with Gasteiger partial charge in [-0.3, -0.25) is 9.69 Å². The summed E-state index contributed by atoms with van der Waals surface area (Å²) in [5, 5.41) is 3.00. The maximum Gasteiger partial charge on any atom is 0.238 e. The van der Waals surface area contributed by atoms with Crippen LogP contribution in [0.5, 0.6) is 0 Å². The van der Waals surface area contributed by atoms with Crippen molar-refractivity contribution in [3.05, 3.63) is 59.2 Å². The first-order chi connectivity index (χ1) is 11.9. The van der Waals surface area contributed by atoms with Crippen LogP contribution in [0.1, 0.15) is 23.6 Å². The Balaban J connectivity index is 1.93. The fourth-order valence-electron chi connectivity index (χ4n) is 2.66. The van der Waals surface area contributed by atoms with Crippen LogP contribution in [0, 0.1) is 13.8 Å². The Hall–Kier alpha value is -2.33. The number of nitrogens with one attached hydrogen (secondary N) is 1. The molecule has 4 nitrogen and oxygen atoms in total. The Morgan fingerprint density at radius 3 is 2.24 bits per heavy atom. The number of aryl methyl sites for hydroxylation is 2. The number of nitrogens with zero attached hydrogens (tertiary/aromatic N) is 2. The highest BCUT2D eigenvalue weighted by Gasteiger charge is 2.10. The van der Waals surface area contributed by atoms with Crippen molar-refractivity contribution >= 4 is 17.3 Å². The van der Waals surface area contributed by atoms with Crippen molar-refractivity contribution in [2.24, 2.45) is 0 Å². The van der Waals surface area contributed by atoms with Crippen molar-refractivity contribution in [3.8, 4) is 0 Å². The third-order valence-corrected chi connectivity index (χ3v) is 4.46. The molecule has 0 aliphatic heterocycles. The molecule has 0 radical (unpaired) electrons. The van der Waals surface area contributed by atoms with Gasteiger partial charge in [0.15, 0.2) is 0 Å². The third kappa shape index (κ3) is 5.61. The Labute approximate surface area is 151 Å². The predicted octanol–water partition coefficient (Wildman–Crippen LogP) is 3.83. The SMILES string of the molecule is CCN(CC(=O)Nc1ccc(C)c(C)c1)Cc1ccc(N(C)C)cc1. The Bertz CT molecular complexity index is 708. The Morgan fingerprint density at radius 2 is 1.68 bits per heavy atom. The number of carbonyl (C=O) groups excluding carboxylic acids is 1. The van der Waals surface area contributed by atoms with Crippen LogP contribution >= 0.6 is 0 Å². The number of anilines is 2. The van der Waals surface area contributed by atoms with Gasteiger partial charge in [-0.1, -0.05) is 25.1 Å².